The first kappa shape index (κ1) is 20.3. The van der Waals surface area contributed by atoms with Gasteiger partial charge < -0.3 is 5.11 Å². The second kappa shape index (κ2) is 8.43. The number of benzene rings is 2. The summed E-state index contributed by atoms with van der Waals surface area (Å²) in [5.74, 6) is -1.55. The number of hydrogen-bond acceptors (Lipinski definition) is 5. The number of carbonyl (C=O) groups is 2. The van der Waals surface area contributed by atoms with Crippen molar-refractivity contribution in [3.63, 3.8) is 0 Å². The van der Waals surface area contributed by atoms with Crippen LogP contribution in [0.2, 0.25) is 5.02 Å². The Morgan fingerprint density at radius 1 is 1.17 bits per heavy atom. The van der Waals surface area contributed by atoms with Crippen molar-refractivity contribution in [2.45, 2.75) is 0 Å². The maximum atomic E-state index is 12.7. The summed E-state index contributed by atoms with van der Waals surface area (Å²) >= 11 is 12.3. The Morgan fingerprint density at radius 3 is 2.53 bits per heavy atom. The van der Waals surface area contributed by atoms with E-state index >= 15 is 0 Å². The van der Waals surface area contributed by atoms with Gasteiger partial charge in [0.2, 0.25) is 0 Å². The molecule has 1 amide bonds. The lowest BCUT2D eigenvalue weighted by Crippen LogP contribution is -2.33. The Morgan fingerprint density at radius 2 is 1.87 bits per heavy atom. The molecule has 1 aliphatic rings. The van der Waals surface area contributed by atoms with E-state index in [1.165, 1.54) is 0 Å². The van der Waals surface area contributed by atoms with Gasteiger partial charge in [0.25, 0.3) is 5.91 Å². The van der Waals surface area contributed by atoms with E-state index in [9.17, 15) is 9.59 Å². The lowest BCUT2D eigenvalue weighted by atomic mass is 10.1. The van der Waals surface area contributed by atoms with Crippen molar-refractivity contribution in [1.29, 1.82) is 0 Å². The van der Waals surface area contributed by atoms with Crippen molar-refractivity contribution >= 4 is 57.9 Å². The van der Waals surface area contributed by atoms with Gasteiger partial charge in [0.1, 0.15) is 10.9 Å². The van der Waals surface area contributed by atoms with Gasteiger partial charge in [-0.2, -0.15) is 5.10 Å². The molecule has 9 heteroatoms. The van der Waals surface area contributed by atoms with E-state index < -0.39 is 18.4 Å². The number of halogens is 1. The molecule has 1 N–H and O–H groups in total. The third-order valence-corrected chi connectivity index (χ3v) is 5.96. The second-order valence-corrected chi connectivity index (χ2v) is 8.49. The van der Waals surface area contributed by atoms with Crippen molar-refractivity contribution in [1.82, 2.24) is 14.7 Å². The molecule has 1 aromatic heterocycles. The van der Waals surface area contributed by atoms with E-state index in [0.717, 1.165) is 27.9 Å². The molecule has 0 saturated carbocycles. The molecule has 0 bridgehead atoms. The minimum Gasteiger partial charge on any atom is -0.480 e. The molecule has 2 heterocycles. The lowest BCUT2D eigenvalue weighted by molar-refractivity contribution is -0.140. The zero-order chi connectivity index (χ0) is 21.3. The molecule has 0 spiro atoms. The van der Waals surface area contributed by atoms with Crippen LogP contribution in [0.5, 0.6) is 0 Å². The molecule has 1 fully saturated rings. The zero-order valence-corrected chi connectivity index (χ0v) is 17.7. The monoisotopic (exact) mass is 455 g/mol. The summed E-state index contributed by atoms with van der Waals surface area (Å²) in [6.45, 7) is -0.463. The highest BCUT2D eigenvalue weighted by Crippen LogP contribution is 2.35. The smallest absolute Gasteiger partial charge is 0.323 e. The van der Waals surface area contributed by atoms with Crippen molar-refractivity contribution in [2.75, 3.05) is 6.54 Å². The molecular weight excluding hydrogens is 442 g/mol. The van der Waals surface area contributed by atoms with Crippen LogP contribution in [0.1, 0.15) is 5.56 Å². The van der Waals surface area contributed by atoms with Crippen LogP contribution in [0.15, 0.2) is 65.7 Å². The van der Waals surface area contributed by atoms with Gasteiger partial charge in [0, 0.05) is 22.3 Å². The predicted molar refractivity (Wildman–Crippen MR) is 122 cm³/mol. The van der Waals surface area contributed by atoms with Crippen molar-refractivity contribution in [3.8, 4) is 16.9 Å². The van der Waals surface area contributed by atoms with Crippen LogP contribution in [0.4, 0.5) is 0 Å². The van der Waals surface area contributed by atoms with E-state index in [2.05, 4.69) is 0 Å². The number of rotatable bonds is 5. The molecule has 30 heavy (non-hydrogen) atoms. The summed E-state index contributed by atoms with van der Waals surface area (Å²) in [4.78, 5) is 25.1. The summed E-state index contributed by atoms with van der Waals surface area (Å²) in [6, 6.07) is 16.8. The normalized spacial score (nSPS) is 15.2. The van der Waals surface area contributed by atoms with E-state index in [1.54, 1.807) is 22.9 Å². The Hall–Kier alpha value is -2.94. The number of aliphatic carboxylic acids is 1. The first-order chi connectivity index (χ1) is 14.4. The third kappa shape index (κ3) is 4.16. The molecule has 150 valence electrons. The first-order valence-electron chi connectivity index (χ1n) is 8.80. The van der Waals surface area contributed by atoms with Gasteiger partial charge in [-0.05, 0) is 30.3 Å². The molecule has 6 nitrogen and oxygen atoms in total. The summed E-state index contributed by atoms with van der Waals surface area (Å²) < 4.78 is 1.95. The van der Waals surface area contributed by atoms with E-state index in [1.807, 2.05) is 48.7 Å². The molecule has 1 aliphatic heterocycles. The van der Waals surface area contributed by atoms with E-state index in [-0.39, 0.29) is 4.32 Å². The number of carbonyl (C=O) groups excluding carboxylic acids is 1. The van der Waals surface area contributed by atoms with Crippen LogP contribution in [0.25, 0.3) is 23.0 Å². The number of nitrogens with zero attached hydrogens (tertiary/aromatic N) is 3. The quantitative estimate of drug-likeness (QED) is 0.451. The standard InChI is InChI=1S/C21H14ClN3O3S2/c22-15-8-6-13(7-9-15)19-14(11-25(23-19)16-4-2-1-3-5-16)10-17-20(28)24(12-18(26)27)21(29)30-17/h1-11H,12H2,(H,26,27)/b17-10+. The van der Waals surface area contributed by atoms with Crippen LogP contribution in [-0.4, -0.2) is 42.5 Å². The van der Waals surface area contributed by atoms with Gasteiger partial charge >= 0.3 is 5.97 Å². The number of amides is 1. The Labute approximate surface area is 186 Å². The van der Waals surface area contributed by atoms with Gasteiger partial charge in [-0.1, -0.05) is 65.9 Å². The molecule has 0 aliphatic carbocycles. The molecule has 0 unspecified atom stereocenters. The van der Waals surface area contributed by atoms with Crippen LogP contribution in [-0.2, 0) is 9.59 Å². The molecule has 1 saturated heterocycles. The maximum absolute atomic E-state index is 12.7. The summed E-state index contributed by atoms with van der Waals surface area (Å²) in [6.07, 6.45) is 3.51. The highest BCUT2D eigenvalue weighted by atomic mass is 35.5. The van der Waals surface area contributed by atoms with Crippen molar-refractivity contribution < 1.29 is 14.7 Å². The van der Waals surface area contributed by atoms with Crippen LogP contribution >= 0.6 is 35.6 Å². The fourth-order valence-corrected chi connectivity index (χ4v) is 4.32. The van der Waals surface area contributed by atoms with Crippen molar-refractivity contribution in [2.24, 2.45) is 0 Å². The zero-order valence-electron chi connectivity index (χ0n) is 15.4. The Bertz CT molecular complexity index is 1170. The van der Waals surface area contributed by atoms with E-state index in [0.29, 0.717) is 21.2 Å². The fraction of sp³-hybridized carbons (Fsp3) is 0.0476. The Balaban J connectivity index is 1.78. The fourth-order valence-electron chi connectivity index (χ4n) is 2.95. The molecule has 4 rings (SSSR count). The summed E-state index contributed by atoms with van der Waals surface area (Å²) in [5.41, 5.74) is 3.07. The van der Waals surface area contributed by atoms with E-state index in [4.69, 9.17) is 34.0 Å². The highest BCUT2D eigenvalue weighted by Gasteiger charge is 2.33. The number of carboxylic acid groups (broad SMARTS) is 1. The number of aromatic nitrogens is 2. The molecule has 0 atom stereocenters. The highest BCUT2D eigenvalue weighted by molar-refractivity contribution is 8.26. The SMILES string of the molecule is O=C(O)CN1C(=O)/C(=C\c2cn(-c3ccccc3)nc2-c2ccc(Cl)cc2)SC1=S. The van der Waals surface area contributed by atoms with Gasteiger partial charge in [0.15, 0.2) is 0 Å². The average Bonchev–Trinajstić information content (AvgIpc) is 3.26. The number of thiocarbonyl (C=S) groups is 1. The largest absolute Gasteiger partial charge is 0.480 e. The summed E-state index contributed by atoms with van der Waals surface area (Å²) in [5, 5.41) is 14.3. The summed E-state index contributed by atoms with van der Waals surface area (Å²) in [7, 11) is 0. The van der Waals surface area contributed by atoms with Crippen molar-refractivity contribution in [3.05, 3.63) is 76.3 Å². The average molecular weight is 456 g/mol. The Kier molecular flexibility index (Phi) is 5.72. The van der Waals surface area contributed by atoms with Gasteiger partial charge in [0.05, 0.1) is 16.3 Å². The van der Waals surface area contributed by atoms with Crippen LogP contribution in [0, 0.1) is 0 Å². The van der Waals surface area contributed by atoms with Crippen LogP contribution in [0.3, 0.4) is 0 Å². The number of thioether (sulfide) groups is 1. The maximum Gasteiger partial charge on any atom is 0.323 e. The molecule has 3 aromatic rings. The van der Waals surface area contributed by atoms with Gasteiger partial charge in [-0.25, -0.2) is 4.68 Å². The van der Waals surface area contributed by atoms with Gasteiger partial charge in [-0.15, -0.1) is 0 Å². The first-order valence-corrected chi connectivity index (χ1v) is 10.4. The molecular formula is C21H14ClN3O3S2. The predicted octanol–water partition coefficient (Wildman–Crippen LogP) is 4.48. The molecule has 2 aromatic carbocycles. The molecule has 0 radical (unpaired) electrons. The lowest BCUT2D eigenvalue weighted by Gasteiger charge is -2.10. The third-order valence-electron chi connectivity index (χ3n) is 4.33. The van der Waals surface area contributed by atoms with Gasteiger partial charge in [-0.3, -0.25) is 14.5 Å². The topological polar surface area (TPSA) is 75.4 Å². The number of hydrogen-bond donors (Lipinski definition) is 1. The number of carboxylic acids is 1. The minimum atomic E-state index is -1.12. The van der Waals surface area contributed by atoms with Crippen LogP contribution < -0.4 is 0 Å². The number of para-hydroxylation sites is 1. The minimum absolute atomic E-state index is 0.220. The second-order valence-electron chi connectivity index (χ2n) is 6.38.